The van der Waals surface area contributed by atoms with Crippen molar-refractivity contribution in [2.75, 3.05) is 0 Å². The minimum Gasteiger partial charge on any atom is -0.463 e. The van der Waals surface area contributed by atoms with Gasteiger partial charge in [-0.2, -0.15) is 13.9 Å². The molecule has 160 valence electrons. The van der Waals surface area contributed by atoms with Gasteiger partial charge in [-0.25, -0.2) is 9.67 Å². The first-order valence-electron chi connectivity index (χ1n) is 9.67. The zero-order valence-corrected chi connectivity index (χ0v) is 16.9. The Kier molecular flexibility index (Phi) is 5.66. The number of amides is 1. The number of pyridine rings is 1. The van der Waals surface area contributed by atoms with Crippen molar-refractivity contribution >= 4 is 16.9 Å². The van der Waals surface area contributed by atoms with Gasteiger partial charge in [-0.15, -0.1) is 0 Å². The lowest BCUT2D eigenvalue weighted by atomic mass is 10.1. The first-order chi connectivity index (χ1) is 14.9. The van der Waals surface area contributed by atoms with E-state index in [2.05, 4.69) is 20.1 Å². The Morgan fingerprint density at radius 2 is 2.03 bits per heavy atom. The van der Waals surface area contributed by atoms with Gasteiger partial charge in [0.1, 0.15) is 11.4 Å². The molecule has 7 nitrogen and oxygen atoms in total. The lowest BCUT2D eigenvalue weighted by Gasteiger charge is -2.12. The van der Waals surface area contributed by atoms with Crippen LogP contribution in [0.15, 0.2) is 59.3 Å². The molecule has 3 heterocycles. The molecule has 0 fully saturated rings. The average Bonchev–Trinajstić information content (AvgIpc) is 3.41. The molecule has 0 atom stereocenters. The Morgan fingerprint density at radius 1 is 1.23 bits per heavy atom. The van der Waals surface area contributed by atoms with Gasteiger partial charge in [-0.1, -0.05) is 18.2 Å². The molecule has 0 saturated heterocycles. The average molecular weight is 426 g/mol. The number of alkyl halides is 2. The largest absolute Gasteiger partial charge is 0.463 e. The summed E-state index contributed by atoms with van der Waals surface area (Å²) in [6.45, 7) is 0.995. The number of carbonyl (C=O) groups excluding carboxylic acids is 1. The summed E-state index contributed by atoms with van der Waals surface area (Å²) in [6.07, 6.45) is 3.12. The Morgan fingerprint density at radius 3 is 2.74 bits per heavy atom. The number of hydrogen-bond acceptors (Lipinski definition) is 5. The van der Waals surface area contributed by atoms with Gasteiger partial charge >= 0.3 is 6.61 Å². The summed E-state index contributed by atoms with van der Waals surface area (Å²) >= 11 is 0. The summed E-state index contributed by atoms with van der Waals surface area (Å²) in [6, 6.07) is 11.5. The lowest BCUT2D eigenvalue weighted by Crippen LogP contribution is -2.24. The molecule has 0 unspecified atom stereocenters. The highest BCUT2D eigenvalue weighted by atomic mass is 19.3. The SMILES string of the molecule is CC(C)n1ncc2c(C(=O)NCc3ccccc3OC(F)F)cc(-c3ccco3)nc21. The molecule has 0 radical (unpaired) electrons. The summed E-state index contributed by atoms with van der Waals surface area (Å²) < 4.78 is 37.0. The van der Waals surface area contributed by atoms with Crippen molar-refractivity contribution in [1.29, 1.82) is 0 Å². The molecule has 1 aromatic carbocycles. The Hall–Kier alpha value is -3.75. The van der Waals surface area contributed by atoms with Crippen molar-refractivity contribution in [3.63, 3.8) is 0 Å². The second-order valence-electron chi connectivity index (χ2n) is 7.12. The molecule has 1 amide bonds. The normalized spacial score (nSPS) is 11.4. The Balaban J connectivity index is 1.68. The first-order valence-corrected chi connectivity index (χ1v) is 9.67. The van der Waals surface area contributed by atoms with E-state index in [-0.39, 0.29) is 18.3 Å². The molecule has 9 heteroatoms. The van der Waals surface area contributed by atoms with Crippen LogP contribution in [0.4, 0.5) is 8.78 Å². The molecular formula is C22H20F2N4O3. The highest BCUT2D eigenvalue weighted by Gasteiger charge is 2.20. The fraction of sp³-hybridized carbons (Fsp3) is 0.227. The van der Waals surface area contributed by atoms with E-state index in [0.717, 1.165) is 0 Å². The molecule has 0 aliphatic heterocycles. The monoisotopic (exact) mass is 426 g/mol. The maximum Gasteiger partial charge on any atom is 0.387 e. The topological polar surface area (TPSA) is 82.2 Å². The molecule has 4 aromatic rings. The number of para-hydroxylation sites is 1. The number of nitrogens with one attached hydrogen (secondary N) is 1. The van der Waals surface area contributed by atoms with Gasteiger partial charge in [0.05, 0.1) is 23.4 Å². The number of furan rings is 1. The minimum absolute atomic E-state index is 0.0138. The maximum absolute atomic E-state index is 13.1. The highest BCUT2D eigenvalue weighted by molar-refractivity contribution is 6.06. The van der Waals surface area contributed by atoms with Crippen LogP contribution in [0.1, 0.15) is 35.8 Å². The van der Waals surface area contributed by atoms with Crippen molar-refractivity contribution in [3.05, 3.63) is 66.1 Å². The standard InChI is InChI=1S/C22H20F2N4O3/c1-13(2)28-20-16(12-26-28)15(10-17(27-20)19-8-5-9-30-19)21(29)25-11-14-6-3-4-7-18(14)31-22(23)24/h3-10,12-13,22H,11H2,1-2H3,(H,25,29). The van der Waals surface area contributed by atoms with E-state index >= 15 is 0 Å². The summed E-state index contributed by atoms with van der Waals surface area (Å²) in [7, 11) is 0. The molecule has 0 aliphatic carbocycles. The zero-order chi connectivity index (χ0) is 22.0. The van der Waals surface area contributed by atoms with E-state index in [9.17, 15) is 13.6 Å². The third kappa shape index (κ3) is 4.25. The van der Waals surface area contributed by atoms with Crippen LogP contribution < -0.4 is 10.1 Å². The molecule has 31 heavy (non-hydrogen) atoms. The number of nitrogens with zero attached hydrogens (tertiary/aromatic N) is 3. The third-order valence-electron chi connectivity index (χ3n) is 4.70. The van der Waals surface area contributed by atoms with Crippen LogP contribution in [0.5, 0.6) is 5.75 Å². The molecule has 0 spiro atoms. The van der Waals surface area contributed by atoms with Crippen molar-refractivity contribution in [2.45, 2.75) is 33.0 Å². The van der Waals surface area contributed by atoms with Crippen molar-refractivity contribution in [1.82, 2.24) is 20.1 Å². The molecule has 1 N–H and O–H groups in total. The van der Waals surface area contributed by atoms with E-state index in [1.54, 1.807) is 47.3 Å². The third-order valence-corrected chi connectivity index (χ3v) is 4.70. The van der Waals surface area contributed by atoms with Gasteiger partial charge in [-0.3, -0.25) is 4.79 Å². The van der Waals surface area contributed by atoms with E-state index < -0.39 is 12.5 Å². The van der Waals surface area contributed by atoms with Crippen LogP contribution in [-0.4, -0.2) is 27.3 Å². The number of carbonyl (C=O) groups is 1. The Bertz CT molecular complexity index is 1200. The molecule has 0 saturated carbocycles. The minimum atomic E-state index is -2.95. The van der Waals surface area contributed by atoms with Crippen molar-refractivity contribution in [2.24, 2.45) is 0 Å². The second kappa shape index (κ2) is 8.55. The lowest BCUT2D eigenvalue weighted by molar-refractivity contribution is -0.0504. The van der Waals surface area contributed by atoms with Gasteiger partial charge in [0, 0.05) is 18.2 Å². The number of ether oxygens (including phenoxy) is 1. The fourth-order valence-corrected chi connectivity index (χ4v) is 3.27. The number of benzene rings is 1. The second-order valence-corrected chi connectivity index (χ2v) is 7.12. The molecule has 0 aliphatic rings. The first kappa shape index (κ1) is 20.5. The molecule has 3 aromatic heterocycles. The van der Waals surface area contributed by atoms with Gasteiger partial charge in [-0.05, 0) is 38.1 Å². The summed E-state index contributed by atoms with van der Waals surface area (Å²) in [5.41, 5.74) is 1.84. The van der Waals surface area contributed by atoms with Gasteiger partial charge in [0.2, 0.25) is 0 Å². The van der Waals surface area contributed by atoms with Crippen molar-refractivity contribution in [3.8, 4) is 17.2 Å². The van der Waals surface area contributed by atoms with Gasteiger partial charge in [0.25, 0.3) is 5.91 Å². The zero-order valence-electron chi connectivity index (χ0n) is 16.9. The predicted octanol–water partition coefficient (Wildman–Crippen LogP) is 4.80. The van der Waals surface area contributed by atoms with Crippen LogP contribution in [0, 0.1) is 0 Å². The van der Waals surface area contributed by atoms with Crippen LogP contribution in [-0.2, 0) is 6.54 Å². The maximum atomic E-state index is 13.1. The van der Waals surface area contributed by atoms with E-state index in [4.69, 9.17) is 4.42 Å². The van der Waals surface area contributed by atoms with Crippen LogP contribution in [0.2, 0.25) is 0 Å². The highest BCUT2D eigenvalue weighted by Crippen LogP contribution is 2.27. The number of aromatic nitrogens is 3. The molecular weight excluding hydrogens is 406 g/mol. The van der Waals surface area contributed by atoms with E-state index in [0.29, 0.717) is 33.6 Å². The summed E-state index contributed by atoms with van der Waals surface area (Å²) in [5, 5.41) is 7.72. The van der Waals surface area contributed by atoms with Crippen molar-refractivity contribution < 1.29 is 22.7 Å². The number of rotatable bonds is 7. The summed E-state index contributed by atoms with van der Waals surface area (Å²) in [4.78, 5) is 17.7. The quantitative estimate of drug-likeness (QED) is 0.459. The van der Waals surface area contributed by atoms with Crippen LogP contribution >= 0.6 is 0 Å². The van der Waals surface area contributed by atoms with E-state index in [1.807, 2.05) is 13.8 Å². The van der Waals surface area contributed by atoms with Crippen LogP contribution in [0.3, 0.4) is 0 Å². The fourth-order valence-electron chi connectivity index (χ4n) is 3.27. The van der Waals surface area contributed by atoms with Crippen LogP contribution in [0.25, 0.3) is 22.5 Å². The number of halogens is 2. The van der Waals surface area contributed by atoms with E-state index in [1.165, 1.54) is 12.3 Å². The number of fused-ring (bicyclic) bond motifs is 1. The number of hydrogen-bond donors (Lipinski definition) is 1. The predicted molar refractivity (Wildman–Crippen MR) is 110 cm³/mol. The molecule has 0 bridgehead atoms. The Labute approximate surface area is 176 Å². The van der Waals surface area contributed by atoms with Gasteiger partial charge < -0.3 is 14.5 Å². The summed E-state index contributed by atoms with van der Waals surface area (Å²) in [5.74, 6) is 0.139. The van der Waals surface area contributed by atoms with Gasteiger partial charge in [0.15, 0.2) is 11.4 Å². The smallest absolute Gasteiger partial charge is 0.387 e. The molecule has 4 rings (SSSR count).